The molecular formula is C14H19F3N2O2S. The van der Waals surface area contributed by atoms with E-state index in [0.29, 0.717) is 19.5 Å². The fraction of sp³-hybridized carbons (Fsp3) is 0.571. The number of hydrogen-bond acceptors (Lipinski definition) is 3. The molecule has 0 saturated carbocycles. The van der Waals surface area contributed by atoms with Crippen LogP contribution in [0.3, 0.4) is 0 Å². The van der Waals surface area contributed by atoms with Gasteiger partial charge in [-0.1, -0.05) is 0 Å². The van der Waals surface area contributed by atoms with E-state index in [9.17, 15) is 21.6 Å². The number of nitrogens with two attached hydrogens (primary N) is 1. The van der Waals surface area contributed by atoms with Gasteiger partial charge >= 0.3 is 6.18 Å². The Morgan fingerprint density at radius 2 is 1.86 bits per heavy atom. The molecule has 0 unspecified atom stereocenters. The minimum atomic E-state index is -4.48. The predicted molar refractivity (Wildman–Crippen MR) is 76.6 cm³/mol. The Morgan fingerprint density at radius 3 is 2.36 bits per heavy atom. The summed E-state index contributed by atoms with van der Waals surface area (Å²) in [4.78, 5) is -0.120. The molecule has 0 radical (unpaired) electrons. The SMILES string of the molecule is C[C@@H](N)[C@@H]1CCCN(S(=O)(=O)c2ccc(C(F)(F)F)cc2)C1. The standard InChI is InChI=1S/C14H19F3N2O2S/c1-10(18)11-3-2-8-19(9-11)22(20,21)13-6-4-12(5-7-13)14(15,16)17/h4-7,10-11H,2-3,8-9,18H2,1H3/t10-,11-/m1/s1. The van der Waals surface area contributed by atoms with Gasteiger partial charge in [0.1, 0.15) is 0 Å². The van der Waals surface area contributed by atoms with E-state index in [2.05, 4.69) is 0 Å². The zero-order valence-electron chi connectivity index (χ0n) is 12.2. The van der Waals surface area contributed by atoms with E-state index in [1.807, 2.05) is 6.92 Å². The average molecular weight is 336 g/mol. The Bertz CT molecular complexity index is 612. The van der Waals surface area contributed by atoms with Gasteiger partial charge in [-0.3, -0.25) is 0 Å². The largest absolute Gasteiger partial charge is 0.416 e. The molecule has 0 amide bonds. The Balaban J connectivity index is 2.23. The summed E-state index contributed by atoms with van der Waals surface area (Å²) in [5.41, 5.74) is 4.97. The van der Waals surface area contributed by atoms with E-state index in [1.165, 1.54) is 4.31 Å². The summed E-state index contributed by atoms with van der Waals surface area (Å²) >= 11 is 0. The van der Waals surface area contributed by atoms with Gasteiger partial charge < -0.3 is 5.73 Å². The maximum atomic E-state index is 12.5. The molecule has 0 bridgehead atoms. The number of hydrogen-bond donors (Lipinski definition) is 1. The summed E-state index contributed by atoms with van der Waals surface area (Å²) in [6.45, 7) is 2.51. The summed E-state index contributed by atoms with van der Waals surface area (Å²) in [5.74, 6) is 0.0676. The van der Waals surface area contributed by atoms with Crippen molar-refractivity contribution in [2.24, 2.45) is 11.7 Å². The van der Waals surface area contributed by atoms with Crippen LogP contribution < -0.4 is 5.73 Å². The van der Waals surface area contributed by atoms with Gasteiger partial charge in [0.25, 0.3) is 0 Å². The second-order valence-electron chi connectivity index (χ2n) is 5.65. The molecule has 0 aromatic heterocycles. The molecule has 1 aromatic carbocycles. The second-order valence-corrected chi connectivity index (χ2v) is 7.58. The van der Waals surface area contributed by atoms with E-state index in [1.54, 1.807) is 0 Å². The van der Waals surface area contributed by atoms with Crippen LogP contribution in [-0.4, -0.2) is 31.9 Å². The van der Waals surface area contributed by atoms with Crippen LogP contribution in [0.15, 0.2) is 29.2 Å². The van der Waals surface area contributed by atoms with E-state index in [0.717, 1.165) is 30.7 Å². The van der Waals surface area contributed by atoms with E-state index in [-0.39, 0.29) is 16.9 Å². The molecular weight excluding hydrogens is 317 g/mol. The van der Waals surface area contributed by atoms with Crippen LogP contribution in [0.1, 0.15) is 25.3 Å². The number of halogens is 3. The molecule has 0 spiro atoms. The molecule has 22 heavy (non-hydrogen) atoms. The molecule has 2 rings (SSSR count). The van der Waals surface area contributed by atoms with Crippen LogP contribution in [0.2, 0.25) is 0 Å². The lowest BCUT2D eigenvalue weighted by Crippen LogP contribution is -2.44. The van der Waals surface area contributed by atoms with E-state index in [4.69, 9.17) is 5.73 Å². The molecule has 1 aliphatic rings. The van der Waals surface area contributed by atoms with Gasteiger partial charge in [-0.05, 0) is 49.9 Å². The molecule has 1 fully saturated rings. The van der Waals surface area contributed by atoms with Crippen LogP contribution >= 0.6 is 0 Å². The van der Waals surface area contributed by atoms with Crippen molar-refractivity contribution in [2.75, 3.05) is 13.1 Å². The number of nitrogens with zero attached hydrogens (tertiary/aromatic N) is 1. The first kappa shape index (κ1) is 17.2. The smallest absolute Gasteiger partial charge is 0.328 e. The van der Waals surface area contributed by atoms with Gasteiger partial charge in [-0.2, -0.15) is 17.5 Å². The normalized spacial score (nSPS) is 22.5. The first-order valence-electron chi connectivity index (χ1n) is 7.05. The molecule has 124 valence electrons. The van der Waals surface area contributed by atoms with Gasteiger partial charge in [-0.15, -0.1) is 0 Å². The molecule has 2 N–H and O–H groups in total. The van der Waals surface area contributed by atoms with Crippen molar-refractivity contribution in [3.8, 4) is 0 Å². The number of piperidine rings is 1. The summed E-state index contributed by atoms with van der Waals surface area (Å²) in [7, 11) is -3.78. The van der Waals surface area contributed by atoms with Crippen molar-refractivity contribution in [1.82, 2.24) is 4.31 Å². The number of rotatable bonds is 3. The highest BCUT2D eigenvalue weighted by Gasteiger charge is 2.33. The van der Waals surface area contributed by atoms with Crippen molar-refractivity contribution in [3.63, 3.8) is 0 Å². The highest BCUT2D eigenvalue weighted by Crippen LogP contribution is 2.31. The van der Waals surface area contributed by atoms with Gasteiger partial charge in [0.05, 0.1) is 10.5 Å². The van der Waals surface area contributed by atoms with Gasteiger partial charge in [-0.25, -0.2) is 8.42 Å². The van der Waals surface area contributed by atoms with Gasteiger partial charge in [0.2, 0.25) is 10.0 Å². The molecule has 1 aliphatic heterocycles. The van der Waals surface area contributed by atoms with Crippen molar-refractivity contribution < 1.29 is 21.6 Å². The summed E-state index contributed by atoms with van der Waals surface area (Å²) in [5, 5.41) is 0. The lowest BCUT2D eigenvalue weighted by atomic mass is 9.93. The molecule has 1 heterocycles. The highest BCUT2D eigenvalue weighted by atomic mass is 32.2. The summed E-state index contributed by atoms with van der Waals surface area (Å²) in [6.07, 6.45) is -2.92. The van der Waals surface area contributed by atoms with Crippen LogP contribution in [0.4, 0.5) is 13.2 Å². The number of alkyl halides is 3. The Labute approximate surface area is 128 Å². The molecule has 0 aliphatic carbocycles. The van der Waals surface area contributed by atoms with Crippen LogP contribution in [0.5, 0.6) is 0 Å². The van der Waals surface area contributed by atoms with Gasteiger partial charge in [0, 0.05) is 19.1 Å². The topological polar surface area (TPSA) is 63.4 Å². The second kappa shape index (κ2) is 6.17. The first-order chi connectivity index (χ1) is 10.1. The molecule has 4 nitrogen and oxygen atoms in total. The van der Waals surface area contributed by atoms with Crippen molar-refractivity contribution in [2.45, 2.75) is 36.9 Å². The highest BCUT2D eigenvalue weighted by molar-refractivity contribution is 7.89. The first-order valence-corrected chi connectivity index (χ1v) is 8.49. The molecule has 8 heteroatoms. The van der Waals surface area contributed by atoms with Crippen LogP contribution in [0, 0.1) is 5.92 Å². The molecule has 1 aromatic rings. The number of sulfonamides is 1. The fourth-order valence-corrected chi connectivity index (χ4v) is 4.12. The number of benzene rings is 1. The van der Waals surface area contributed by atoms with E-state index < -0.39 is 21.8 Å². The monoisotopic (exact) mass is 336 g/mol. The van der Waals surface area contributed by atoms with Crippen molar-refractivity contribution in [3.05, 3.63) is 29.8 Å². The summed E-state index contributed by atoms with van der Waals surface area (Å²) < 4.78 is 64.0. The van der Waals surface area contributed by atoms with Crippen molar-refractivity contribution >= 4 is 10.0 Å². The Morgan fingerprint density at radius 1 is 1.27 bits per heavy atom. The zero-order chi connectivity index (χ0) is 16.5. The zero-order valence-corrected chi connectivity index (χ0v) is 13.0. The van der Waals surface area contributed by atoms with Crippen LogP contribution in [0.25, 0.3) is 0 Å². The molecule has 1 saturated heterocycles. The Hall–Kier alpha value is -1.12. The van der Waals surface area contributed by atoms with Crippen LogP contribution in [-0.2, 0) is 16.2 Å². The lowest BCUT2D eigenvalue weighted by Gasteiger charge is -2.33. The molecule has 2 atom stereocenters. The Kier molecular flexibility index (Phi) is 4.84. The van der Waals surface area contributed by atoms with Gasteiger partial charge in [0.15, 0.2) is 0 Å². The minimum absolute atomic E-state index is 0.0676. The average Bonchev–Trinajstić information content (AvgIpc) is 2.46. The lowest BCUT2D eigenvalue weighted by molar-refractivity contribution is -0.137. The van der Waals surface area contributed by atoms with E-state index >= 15 is 0 Å². The quantitative estimate of drug-likeness (QED) is 0.922. The third-order valence-corrected chi connectivity index (χ3v) is 5.86. The summed E-state index contributed by atoms with van der Waals surface area (Å²) in [6, 6.07) is 3.48. The predicted octanol–water partition coefficient (Wildman–Crippen LogP) is 2.45. The third-order valence-electron chi connectivity index (χ3n) is 3.98. The third kappa shape index (κ3) is 3.61. The fourth-order valence-electron chi connectivity index (χ4n) is 2.59. The minimum Gasteiger partial charge on any atom is -0.328 e. The maximum absolute atomic E-state index is 12.5. The maximum Gasteiger partial charge on any atom is 0.416 e. The van der Waals surface area contributed by atoms with Crippen molar-refractivity contribution in [1.29, 1.82) is 0 Å².